The summed E-state index contributed by atoms with van der Waals surface area (Å²) < 4.78 is 0. The molecule has 1 aromatic carbocycles. The fourth-order valence-electron chi connectivity index (χ4n) is 1.40. The normalized spacial score (nSPS) is 11.2. The van der Waals surface area contributed by atoms with Crippen molar-refractivity contribution in [3.63, 3.8) is 0 Å². The number of nitrogens with zero attached hydrogens (tertiary/aromatic N) is 1. The maximum Gasteiger partial charge on any atom is 0.331 e. The number of hydrogen-bond acceptors (Lipinski definition) is 3. The second-order valence-electron chi connectivity index (χ2n) is 3.57. The first-order valence-corrected chi connectivity index (χ1v) is 5.23. The first-order valence-electron chi connectivity index (χ1n) is 5.23. The van der Waals surface area contributed by atoms with Crippen LogP contribution in [0.1, 0.15) is 25.3 Å². The zero-order valence-electron chi connectivity index (χ0n) is 9.42. The predicted octanol–water partition coefficient (Wildman–Crippen LogP) is 2.86. The highest BCUT2D eigenvalue weighted by Crippen LogP contribution is 2.16. The Morgan fingerprint density at radius 2 is 2.00 bits per heavy atom. The van der Waals surface area contributed by atoms with Crippen LogP contribution in [0.15, 0.2) is 29.8 Å². The molecule has 0 aliphatic rings. The molecule has 0 aliphatic carbocycles. The second kappa shape index (κ2) is 5.79. The Labute approximate surface area is 98.5 Å². The van der Waals surface area contributed by atoms with Crippen LogP contribution >= 0.6 is 0 Å². The quantitative estimate of drug-likeness (QED) is 0.483. The molecule has 1 rings (SSSR count). The van der Waals surface area contributed by atoms with E-state index >= 15 is 0 Å². The molecular weight excluding hydrogens is 222 g/mol. The molecule has 0 unspecified atom stereocenters. The molecule has 0 aromatic heterocycles. The fraction of sp³-hybridized carbons (Fsp3) is 0.250. The minimum absolute atomic E-state index is 0.00508. The standard InChI is InChI=1S/C12H13NO4/c1-2-3-10(12(14)15)8-9-4-6-11(7-5-9)13(16)17/h4-8H,2-3H2,1H3,(H,14,15). The smallest absolute Gasteiger partial charge is 0.331 e. The summed E-state index contributed by atoms with van der Waals surface area (Å²) in [6.45, 7) is 1.90. The zero-order valence-corrected chi connectivity index (χ0v) is 9.42. The van der Waals surface area contributed by atoms with E-state index < -0.39 is 10.9 Å². The van der Waals surface area contributed by atoms with Crippen molar-refractivity contribution in [2.75, 3.05) is 0 Å². The van der Waals surface area contributed by atoms with E-state index in [1.165, 1.54) is 30.3 Å². The Kier molecular flexibility index (Phi) is 4.39. The Balaban J connectivity index is 2.96. The van der Waals surface area contributed by atoms with E-state index in [9.17, 15) is 14.9 Å². The Morgan fingerprint density at radius 3 is 2.41 bits per heavy atom. The fourth-order valence-corrected chi connectivity index (χ4v) is 1.40. The van der Waals surface area contributed by atoms with Gasteiger partial charge < -0.3 is 5.11 Å². The Morgan fingerprint density at radius 1 is 1.41 bits per heavy atom. The molecule has 1 N–H and O–H groups in total. The van der Waals surface area contributed by atoms with Crippen molar-refractivity contribution in [3.8, 4) is 0 Å². The number of non-ortho nitro benzene ring substituents is 1. The molecule has 0 radical (unpaired) electrons. The van der Waals surface area contributed by atoms with Crippen LogP contribution in [0.3, 0.4) is 0 Å². The van der Waals surface area contributed by atoms with Gasteiger partial charge in [-0.2, -0.15) is 0 Å². The molecule has 90 valence electrons. The van der Waals surface area contributed by atoms with Crippen LogP contribution in [0.4, 0.5) is 5.69 Å². The molecule has 0 heterocycles. The summed E-state index contributed by atoms with van der Waals surface area (Å²) in [6.07, 6.45) is 2.76. The number of nitro groups is 1. The first kappa shape index (κ1) is 12.9. The average Bonchev–Trinajstić information content (AvgIpc) is 2.29. The van der Waals surface area contributed by atoms with Gasteiger partial charge in [0.05, 0.1) is 4.92 Å². The van der Waals surface area contributed by atoms with Crippen molar-refractivity contribution in [1.29, 1.82) is 0 Å². The highest BCUT2D eigenvalue weighted by atomic mass is 16.6. The lowest BCUT2D eigenvalue weighted by atomic mass is 10.1. The molecule has 0 fully saturated rings. The van der Waals surface area contributed by atoms with E-state index in [-0.39, 0.29) is 5.69 Å². The molecule has 0 spiro atoms. The second-order valence-corrected chi connectivity index (χ2v) is 3.57. The Bertz CT molecular complexity index is 448. The monoisotopic (exact) mass is 235 g/mol. The summed E-state index contributed by atoms with van der Waals surface area (Å²) in [5, 5.41) is 19.4. The van der Waals surface area contributed by atoms with Crippen LogP contribution < -0.4 is 0 Å². The van der Waals surface area contributed by atoms with Gasteiger partial charge in [-0.05, 0) is 30.2 Å². The predicted molar refractivity (Wildman–Crippen MR) is 63.6 cm³/mol. The molecule has 0 saturated heterocycles. The van der Waals surface area contributed by atoms with E-state index in [0.29, 0.717) is 17.6 Å². The van der Waals surface area contributed by atoms with Gasteiger partial charge in [0.25, 0.3) is 5.69 Å². The lowest BCUT2D eigenvalue weighted by Gasteiger charge is -2.00. The van der Waals surface area contributed by atoms with Gasteiger partial charge in [0.2, 0.25) is 0 Å². The van der Waals surface area contributed by atoms with Gasteiger partial charge in [-0.1, -0.05) is 13.3 Å². The summed E-state index contributed by atoms with van der Waals surface area (Å²) in [4.78, 5) is 20.8. The highest BCUT2D eigenvalue weighted by molar-refractivity contribution is 5.92. The summed E-state index contributed by atoms with van der Waals surface area (Å²) in [7, 11) is 0. The lowest BCUT2D eigenvalue weighted by molar-refractivity contribution is -0.384. The highest BCUT2D eigenvalue weighted by Gasteiger charge is 2.07. The molecule has 0 bridgehead atoms. The molecular formula is C12H13NO4. The number of nitro benzene ring substituents is 1. The first-order chi connectivity index (χ1) is 8.04. The molecule has 5 nitrogen and oxygen atoms in total. The van der Waals surface area contributed by atoms with Crippen molar-refractivity contribution in [2.24, 2.45) is 0 Å². The number of hydrogen-bond donors (Lipinski definition) is 1. The third kappa shape index (κ3) is 3.71. The molecule has 0 saturated carbocycles. The van der Waals surface area contributed by atoms with Crippen molar-refractivity contribution >= 4 is 17.7 Å². The number of aliphatic carboxylic acids is 1. The van der Waals surface area contributed by atoms with Gasteiger partial charge in [-0.25, -0.2) is 4.79 Å². The molecule has 0 atom stereocenters. The summed E-state index contributed by atoms with van der Waals surface area (Å²) >= 11 is 0. The van der Waals surface area contributed by atoms with E-state index in [0.717, 1.165) is 6.42 Å². The number of carbonyl (C=O) groups is 1. The summed E-state index contributed by atoms with van der Waals surface area (Å²) in [6, 6.07) is 5.79. The maximum absolute atomic E-state index is 10.9. The minimum atomic E-state index is -0.954. The lowest BCUT2D eigenvalue weighted by Crippen LogP contribution is -1.99. The van der Waals surface area contributed by atoms with Crippen molar-refractivity contribution in [1.82, 2.24) is 0 Å². The SMILES string of the molecule is CCCC(=Cc1ccc([N+](=O)[O-])cc1)C(=O)O. The number of benzene rings is 1. The summed E-state index contributed by atoms with van der Waals surface area (Å²) in [5.74, 6) is -0.954. The van der Waals surface area contributed by atoms with Crippen molar-refractivity contribution in [3.05, 3.63) is 45.5 Å². The third-order valence-corrected chi connectivity index (χ3v) is 2.24. The van der Waals surface area contributed by atoms with E-state index in [4.69, 9.17) is 5.11 Å². The Hall–Kier alpha value is -2.17. The third-order valence-electron chi connectivity index (χ3n) is 2.24. The van der Waals surface area contributed by atoms with Gasteiger partial charge in [0.1, 0.15) is 0 Å². The molecule has 1 aromatic rings. The average molecular weight is 235 g/mol. The van der Waals surface area contributed by atoms with Gasteiger partial charge in [0.15, 0.2) is 0 Å². The van der Waals surface area contributed by atoms with Crippen LogP contribution in [-0.2, 0) is 4.79 Å². The van der Waals surface area contributed by atoms with Gasteiger partial charge in [-0.15, -0.1) is 0 Å². The van der Waals surface area contributed by atoms with E-state index in [1.807, 2.05) is 6.92 Å². The van der Waals surface area contributed by atoms with E-state index in [2.05, 4.69) is 0 Å². The van der Waals surface area contributed by atoms with Gasteiger partial charge in [-0.3, -0.25) is 10.1 Å². The topological polar surface area (TPSA) is 80.4 Å². The number of carboxylic acid groups (broad SMARTS) is 1. The van der Waals surface area contributed by atoms with Crippen LogP contribution in [-0.4, -0.2) is 16.0 Å². The largest absolute Gasteiger partial charge is 0.478 e. The van der Waals surface area contributed by atoms with Crippen LogP contribution in [0.25, 0.3) is 6.08 Å². The van der Waals surface area contributed by atoms with Gasteiger partial charge in [0, 0.05) is 17.7 Å². The number of carboxylic acids is 1. The maximum atomic E-state index is 10.9. The van der Waals surface area contributed by atoms with Crippen LogP contribution in [0, 0.1) is 10.1 Å². The molecule has 0 amide bonds. The summed E-state index contributed by atoms with van der Waals surface area (Å²) in [5.41, 5.74) is 0.956. The van der Waals surface area contributed by atoms with Crippen LogP contribution in [0.2, 0.25) is 0 Å². The molecule has 5 heteroatoms. The van der Waals surface area contributed by atoms with E-state index in [1.54, 1.807) is 0 Å². The van der Waals surface area contributed by atoms with Crippen molar-refractivity contribution in [2.45, 2.75) is 19.8 Å². The van der Waals surface area contributed by atoms with Gasteiger partial charge >= 0.3 is 5.97 Å². The molecule has 0 aliphatic heterocycles. The minimum Gasteiger partial charge on any atom is -0.478 e. The molecule has 17 heavy (non-hydrogen) atoms. The van der Waals surface area contributed by atoms with Crippen molar-refractivity contribution < 1.29 is 14.8 Å². The van der Waals surface area contributed by atoms with Crippen LogP contribution in [0.5, 0.6) is 0 Å². The zero-order chi connectivity index (χ0) is 12.8. The number of rotatable bonds is 5.